The summed E-state index contributed by atoms with van der Waals surface area (Å²) < 4.78 is 1.83. The maximum atomic E-state index is 6.19. The predicted molar refractivity (Wildman–Crippen MR) is 72.7 cm³/mol. The highest BCUT2D eigenvalue weighted by Gasteiger charge is 2.16. The molecule has 0 amide bonds. The molecule has 17 heavy (non-hydrogen) atoms. The van der Waals surface area contributed by atoms with E-state index in [4.69, 9.17) is 11.6 Å². The van der Waals surface area contributed by atoms with E-state index in [2.05, 4.69) is 17.3 Å². The molecule has 2 rings (SSSR count). The molecule has 0 aromatic carbocycles. The number of hydrogen-bond donors (Lipinski definition) is 1. The predicted octanol–water partition coefficient (Wildman–Crippen LogP) is 3.03. The van der Waals surface area contributed by atoms with E-state index in [1.54, 1.807) is 11.3 Å². The molecule has 0 aliphatic carbocycles. The second kappa shape index (κ2) is 5.67. The zero-order valence-electron chi connectivity index (χ0n) is 9.98. The highest BCUT2D eigenvalue weighted by Crippen LogP contribution is 2.30. The molecule has 1 N–H and O–H groups in total. The minimum atomic E-state index is 0.275. The fraction of sp³-hybridized carbons (Fsp3) is 0.417. The second-order valence-electron chi connectivity index (χ2n) is 3.97. The van der Waals surface area contributed by atoms with Gasteiger partial charge < -0.3 is 5.32 Å². The fourth-order valence-electron chi connectivity index (χ4n) is 1.87. The number of aryl methyl sites for hydroxylation is 1. The topological polar surface area (TPSA) is 29.9 Å². The minimum absolute atomic E-state index is 0.275. The van der Waals surface area contributed by atoms with E-state index >= 15 is 0 Å². The largest absolute Gasteiger partial charge is 0.309 e. The summed E-state index contributed by atoms with van der Waals surface area (Å²) in [6.45, 7) is 3.04. The maximum Gasteiger partial charge on any atom is 0.0561 e. The van der Waals surface area contributed by atoms with Crippen molar-refractivity contribution >= 4 is 22.9 Å². The Bertz CT molecular complexity index is 478. The Morgan fingerprint density at radius 1 is 1.59 bits per heavy atom. The molecule has 0 spiro atoms. The van der Waals surface area contributed by atoms with Gasteiger partial charge in [-0.25, -0.2) is 0 Å². The van der Waals surface area contributed by atoms with Gasteiger partial charge in [-0.1, -0.05) is 18.5 Å². The number of nitrogens with zero attached hydrogens (tertiary/aromatic N) is 2. The molecular weight excluding hydrogens is 254 g/mol. The van der Waals surface area contributed by atoms with Gasteiger partial charge in [0.1, 0.15) is 0 Å². The van der Waals surface area contributed by atoms with Crippen LogP contribution in [0.4, 0.5) is 0 Å². The maximum absolute atomic E-state index is 6.19. The van der Waals surface area contributed by atoms with Crippen LogP contribution in [0.15, 0.2) is 23.8 Å². The van der Waals surface area contributed by atoms with Gasteiger partial charge in [0.25, 0.3) is 0 Å². The van der Waals surface area contributed by atoms with Crippen molar-refractivity contribution in [3.63, 3.8) is 0 Å². The van der Waals surface area contributed by atoms with Crippen LogP contribution in [-0.2, 0) is 13.5 Å². The lowest BCUT2D eigenvalue weighted by Crippen LogP contribution is -2.22. The van der Waals surface area contributed by atoms with Crippen molar-refractivity contribution in [2.75, 3.05) is 6.54 Å². The standard InChI is InChI=1S/C12H16ClN3S/c1-3-14-11(12-10(13)4-5-17-12)6-9-7-15-16(2)8-9/h4-5,7-8,11,14H,3,6H2,1-2H3. The third kappa shape index (κ3) is 3.09. The smallest absolute Gasteiger partial charge is 0.0561 e. The molecule has 0 bridgehead atoms. The molecule has 0 saturated heterocycles. The molecule has 2 aromatic heterocycles. The molecule has 5 heteroatoms. The number of thiophene rings is 1. The van der Waals surface area contributed by atoms with Crippen molar-refractivity contribution in [1.82, 2.24) is 15.1 Å². The molecule has 2 heterocycles. The Labute approximate surface area is 110 Å². The molecule has 1 atom stereocenters. The summed E-state index contributed by atoms with van der Waals surface area (Å²) in [4.78, 5) is 1.21. The van der Waals surface area contributed by atoms with Gasteiger partial charge in [0.2, 0.25) is 0 Å². The van der Waals surface area contributed by atoms with E-state index in [-0.39, 0.29) is 6.04 Å². The highest BCUT2D eigenvalue weighted by molar-refractivity contribution is 7.10. The zero-order chi connectivity index (χ0) is 12.3. The number of nitrogens with one attached hydrogen (secondary N) is 1. The Balaban J connectivity index is 2.15. The van der Waals surface area contributed by atoms with Crippen molar-refractivity contribution in [3.05, 3.63) is 39.3 Å². The third-order valence-corrected chi connectivity index (χ3v) is 4.08. The van der Waals surface area contributed by atoms with Crippen LogP contribution < -0.4 is 5.32 Å². The molecule has 1 unspecified atom stereocenters. The first kappa shape index (κ1) is 12.6. The van der Waals surface area contributed by atoms with Crippen molar-refractivity contribution < 1.29 is 0 Å². The monoisotopic (exact) mass is 269 g/mol. The summed E-state index contributed by atoms with van der Waals surface area (Å²) in [5.74, 6) is 0. The number of rotatable bonds is 5. The summed E-state index contributed by atoms with van der Waals surface area (Å²) in [7, 11) is 1.93. The van der Waals surface area contributed by atoms with Crippen LogP contribution in [-0.4, -0.2) is 16.3 Å². The van der Waals surface area contributed by atoms with E-state index in [1.807, 2.05) is 35.6 Å². The van der Waals surface area contributed by atoms with Crippen molar-refractivity contribution in [2.24, 2.45) is 7.05 Å². The lowest BCUT2D eigenvalue weighted by Gasteiger charge is -2.16. The van der Waals surface area contributed by atoms with E-state index in [1.165, 1.54) is 10.4 Å². The molecule has 92 valence electrons. The van der Waals surface area contributed by atoms with E-state index in [0.717, 1.165) is 18.0 Å². The summed E-state index contributed by atoms with van der Waals surface area (Å²) in [5, 5.41) is 10.6. The number of aromatic nitrogens is 2. The number of likely N-dealkylation sites (N-methyl/N-ethyl adjacent to an activating group) is 1. The van der Waals surface area contributed by atoms with Gasteiger partial charge in [0.15, 0.2) is 0 Å². The normalized spacial score (nSPS) is 12.9. The third-order valence-electron chi connectivity index (χ3n) is 2.61. The van der Waals surface area contributed by atoms with Crippen LogP contribution in [0.3, 0.4) is 0 Å². The second-order valence-corrected chi connectivity index (χ2v) is 5.32. The van der Waals surface area contributed by atoms with Crippen LogP contribution in [0.1, 0.15) is 23.4 Å². The van der Waals surface area contributed by atoms with Gasteiger partial charge in [-0.3, -0.25) is 4.68 Å². The van der Waals surface area contributed by atoms with Crippen LogP contribution in [0.25, 0.3) is 0 Å². The molecule has 0 radical (unpaired) electrons. The summed E-state index contributed by atoms with van der Waals surface area (Å²) >= 11 is 7.89. The number of halogens is 1. The molecule has 0 saturated carbocycles. The molecule has 0 aliphatic rings. The fourth-order valence-corrected chi connectivity index (χ4v) is 3.14. The van der Waals surface area contributed by atoms with E-state index in [0.29, 0.717) is 0 Å². The van der Waals surface area contributed by atoms with E-state index in [9.17, 15) is 0 Å². The van der Waals surface area contributed by atoms with Gasteiger partial charge >= 0.3 is 0 Å². The van der Waals surface area contributed by atoms with Gasteiger partial charge in [0, 0.05) is 24.2 Å². The lowest BCUT2D eigenvalue weighted by molar-refractivity contribution is 0.558. The van der Waals surface area contributed by atoms with Crippen LogP contribution in [0, 0.1) is 0 Å². The van der Waals surface area contributed by atoms with Crippen molar-refractivity contribution in [3.8, 4) is 0 Å². The Kier molecular flexibility index (Phi) is 4.20. The first-order chi connectivity index (χ1) is 8.20. The van der Waals surface area contributed by atoms with Crippen LogP contribution in [0.5, 0.6) is 0 Å². The van der Waals surface area contributed by atoms with Gasteiger partial charge in [-0.2, -0.15) is 5.10 Å². The van der Waals surface area contributed by atoms with Gasteiger partial charge in [0.05, 0.1) is 11.2 Å². The first-order valence-electron chi connectivity index (χ1n) is 5.64. The van der Waals surface area contributed by atoms with Crippen molar-refractivity contribution in [1.29, 1.82) is 0 Å². The molecule has 3 nitrogen and oxygen atoms in total. The average molecular weight is 270 g/mol. The Hall–Kier alpha value is -0.840. The van der Waals surface area contributed by atoms with E-state index < -0.39 is 0 Å². The molecule has 0 aliphatic heterocycles. The summed E-state index contributed by atoms with van der Waals surface area (Å²) in [5.41, 5.74) is 1.22. The highest BCUT2D eigenvalue weighted by atomic mass is 35.5. The van der Waals surface area contributed by atoms with Crippen molar-refractivity contribution in [2.45, 2.75) is 19.4 Å². The average Bonchev–Trinajstić information content (AvgIpc) is 2.87. The summed E-state index contributed by atoms with van der Waals surface area (Å²) in [6, 6.07) is 2.23. The molecule has 0 fully saturated rings. The SMILES string of the molecule is CCNC(Cc1cnn(C)c1)c1sccc1Cl. The zero-order valence-corrected chi connectivity index (χ0v) is 11.6. The Morgan fingerprint density at radius 2 is 2.41 bits per heavy atom. The quantitative estimate of drug-likeness (QED) is 0.904. The molecular formula is C12H16ClN3S. The first-order valence-corrected chi connectivity index (χ1v) is 6.90. The van der Waals surface area contributed by atoms with Gasteiger partial charge in [-0.15, -0.1) is 11.3 Å². The summed E-state index contributed by atoms with van der Waals surface area (Å²) in [6.07, 6.45) is 4.87. The molecule has 2 aromatic rings. The Morgan fingerprint density at radius 3 is 2.94 bits per heavy atom. The van der Waals surface area contributed by atoms with Crippen LogP contribution in [0.2, 0.25) is 5.02 Å². The number of hydrogen-bond acceptors (Lipinski definition) is 3. The lowest BCUT2D eigenvalue weighted by atomic mass is 10.1. The minimum Gasteiger partial charge on any atom is -0.309 e. The van der Waals surface area contributed by atoms with Crippen LogP contribution >= 0.6 is 22.9 Å². The van der Waals surface area contributed by atoms with Gasteiger partial charge in [-0.05, 0) is 30.0 Å².